The van der Waals surface area contributed by atoms with E-state index in [-0.39, 0.29) is 6.04 Å². The summed E-state index contributed by atoms with van der Waals surface area (Å²) < 4.78 is 40.8. The summed E-state index contributed by atoms with van der Waals surface area (Å²) in [5.41, 5.74) is 0. The van der Waals surface area contributed by atoms with Gasteiger partial charge in [-0.15, -0.1) is 0 Å². The van der Waals surface area contributed by atoms with E-state index in [1.54, 1.807) is 0 Å². The third-order valence-corrected chi connectivity index (χ3v) is 6.25. The van der Waals surface area contributed by atoms with Crippen molar-refractivity contribution < 1.29 is 12.8 Å². The molecule has 3 rings (SSSR count). The molecule has 0 aromatic carbocycles. The van der Waals surface area contributed by atoms with Crippen molar-refractivity contribution in [3.05, 3.63) is 24.1 Å². The Bertz CT molecular complexity index is 595. The van der Waals surface area contributed by atoms with Gasteiger partial charge in [0.2, 0.25) is 5.03 Å². The van der Waals surface area contributed by atoms with Crippen molar-refractivity contribution in [1.82, 2.24) is 9.29 Å². The molecule has 2 aliphatic rings. The Morgan fingerprint density at radius 3 is 2.52 bits per heavy atom. The van der Waals surface area contributed by atoms with Crippen LogP contribution in [0.4, 0.5) is 4.39 Å². The lowest BCUT2D eigenvalue weighted by Gasteiger charge is -2.29. The first-order chi connectivity index (χ1) is 10.1. The van der Waals surface area contributed by atoms with Gasteiger partial charge in [-0.05, 0) is 43.7 Å². The van der Waals surface area contributed by atoms with Crippen LogP contribution in [0.15, 0.2) is 23.4 Å². The van der Waals surface area contributed by atoms with Gasteiger partial charge >= 0.3 is 0 Å². The predicted molar refractivity (Wildman–Crippen MR) is 77.7 cm³/mol. The SMILES string of the molecule is O=S(=O)(c1ncccc1F)N(CC1CCCCC1)C1CC1. The Morgan fingerprint density at radius 2 is 1.90 bits per heavy atom. The fourth-order valence-corrected chi connectivity index (χ4v) is 4.84. The van der Waals surface area contributed by atoms with E-state index in [1.807, 2.05) is 0 Å². The number of hydrogen-bond acceptors (Lipinski definition) is 3. The monoisotopic (exact) mass is 312 g/mol. The molecule has 0 atom stereocenters. The van der Waals surface area contributed by atoms with Crippen molar-refractivity contribution in [1.29, 1.82) is 0 Å². The summed E-state index contributed by atoms with van der Waals surface area (Å²) in [7, 11) is -3.82. The standard InChI is InChI=1S/C15H21FN2O2S/c16-14-7-4-10-17-15(14)21(19,20)18(13-8-9-13)11-12-5-2-1-3-6-12/h4,7,10,12-13H,1-3,5-6,8-9,11H2. The number of halogens is 1. The maximum atomic E-state index is 13.8. The number of sulfonamides is 1. The lowest BCUT2D eigenvalue weighted by Crippen LogP contribution is -2.38. The van der Waals surface area contributed by atoms with E-state index in [4.69, 9.17) is 0 Å². The summed E-state index contributed by atoms with van der Waals surface area (Å²) in [6.07, 6.45) is 8.80. The van der Waals surface area contributed by atoms with E-state index in [0.717, 1.165) is 31.7 Å². The summed E-state index contributed by atoms with van der Waals surface area (Å²) in [5, 5.41) is -0.423. The van der Waals surface area contributed by atoms with E-state index < -0.39 is 20.9 Å². The van der Waals surface area contributed by atoms with Crippen molar-refractivity contribution in [2.75, 3.05) is 6.54 Å². The van der Waals surface area contributed by atoms with Crippen LogP contribution in [-0.2, 0) is 10.0 Å². The number of pyridine rings is 1. The average Bonchev–Trinajstić information content (AvgIpc) is 3.30. The Balaban J connectivity index is 1.84. The van der Waals surface area contributed by atoms with Crippen LogP contribution in [0.25, 0.3) is 0 Å². The van der Waals surface area contributed by atoms with E-state index in [0.29, 0.717) is 12.5 Å². The number of rotatable bonds is 5. The number of hydrogen-bond donors (Lipinski definition) is 0. The lowest BCUT2D eigenvalue weighted by atomic mass is 9.89. The first kappa shape index (κ1) is 14.9. The fourth-order valence-electron chi connectivity index (χ4n) is 3.10. The molecule has 4 nitrogen and oxygen atoms in total. The van der Waals surface area contributed by atoms with Crippen LogP contribution >= 0.6 is 0 Å². The zero-order chi connectivity index (χ0) is 14.9. The summed E-state index contributed by atoms with van der Waals surface area (Å²) >= 11 is 0. The van der Waals surface area contributed by atoms with Gasteiger partial charge in [0.1, 0.15) is 0 Å². The Hall–Kier alpha value is -1.01. The number of nitrogens with zero attached hydrogens (tertiary/aromatic N) is 2. The molecule has 0 aliphatic heterocycles. The summed E-state index contributed by atoms with van der Waals surface area (Å²) in [4.78, 5) is 3.77. The van der Waals surface area contributed by atoms with Gasteiger partial charge in [0, 0.05) is 18.8 Å². The first-order valence-electron chi connectivity index (χ1n) is 7.71. The zero-order valence-corrected chi connectivity index (χ0v) is 12.9. The third-order valence-electron chi connectivity index (χ3n) is 4.39. The average molecular weight is 312 g/mol. The highest BCUT2D eigenvalue weighted by Gasteiger charge is 2.41. The molecule has 2 fully saturated rings. The summed E-state index contributed by atoms with van der Waals surface area (Å²) in [5.74, 6) is -0.354. The molecule has 1 aromatic heterocycles. The molecule has 1 heterocycles. The Morgan fingerprint density at radius 1 is 1.19 bits per heavy atom. The van der Waals surface area contributed by atoms with Gasteiger partial charge in [-0.3, -0.25) is 0 Å². The normalized spacial score (nSPS) is 20.9. The lowest BCUT2D eigenvalue weighted by molar-refractivity contribution is 0.273. The van der Waals surface area contributed by atoms with Crippen molar-refractivity contribution in [3.63, 3.8) is 0 Å². The molecule has 0 amide bonds. The highest BCUT2D eigenvalue weighted by molar-refractivity contribution is 7.89. The molecule has 116 valence electrons. The number of aromatic nitrogens is 1. The van der Waals surface area contributed by atoms with Crippen molar-refractivity contribution in [2.24, 2.45) is 5.92 Å². The molecule has 0 N–H and O–H groups in total. The van der Waals surface area contributed by atoms with E-state index >= 15 is 0 Å². The second-order valence-corrected chi connectivity index (χ2v) is 7.91. The molecule has 21 heavy (non-hydrogen) atoms. The fraction of sp³-hybridized carbons (Fsp3) is 0.667. The molecular weight excluding hydrogens is 291 g/mol. The molecule has 0 saturated heterocycles. The van der Waals surface area contributed by atoms with Crippen LogP contribution in [0.1, 0.15) is 44.9 Å². The highest BCUT2D eigenvalue weighted by atomic mass is 32.2. The smallest absolute Gasteiger partial charge is 0.241 e. The molecule has 0 radical (unpaired) electrons. The quantitative estimate of drug-likeness (QED) is 0.840. The molecule has 2 saturated carbocycles. The largest absolute Gasteiger partial charge is 0.263 e. The summed E-state index contributed by atoms with van der Waals surface area (Å²) in [6, 6.07) is 2.61. The molecule has 0 unspecified atom stereocenters. The van der Waals surface area contributed by atoms with Crippen molar-refractivity contribution >= 4 is 10.0 Å². The van der Waals surface area contributed by atoms with Gasteiger partial charge in [-0.25, -0.2) is 17.8 Å². The topological polar surface area (TPSA) is 50.3 Å². The molecule has 0 spiro atoms. The van der Waals surface area contributed by atoms with Crippen LogP contribution in [0.5, 0.6) is 0 Å². The highest BCUT2D eigenvalue weighted by Crippen LogP contribution is 2.35. The van der Waals surface area contributed by atoms with Crippen LogP contribution in [0, 0.1) is 11.7 Å². The van der Waals surface area contributed by atoms with Gasteiger partial charge in [0.25, 0.3) is 10.0 Å². The van der Waals surface area contributed by atoms with E-state index in [1.165, 1.54) is 35.8 Å². The minimum atomic E-state index is -3.82. The molecule has 2 aliphatic carbocycles. The van der Waals surface area contributed by atoms with Gasteiger partial charge in [0.15, 0.2) is 5.82 Å². The van der Waals surface area contributed by atoms with Crippen LogP contribution < -0.4 is 0 Å². The van der Waals surface area contributed by atoms with Gasteiger partial charge < -0.3 is 0 Å². The van der Waals surface area contributed by atoms with Gasteiger partial charge in [0.05, 0.1) is 0 Å². The Kier molecular flexibility index (Phi) is 4.26. The van der Waals surface area contributed by atoms with Gasteiger partial charge in [-0.2, -0.15) is 4.31 Å². The Labute approximate surface area is 125 Å². The minimum absolute atomic E-state index is 0.0401. The van der Waals surface area contributed by atoms with Crippen molar-refractivity contribution in [3.8, 4) is 0 Å². The van der Waals surface area contributed by atoms with E-state index in [2.05, 4.69) is 4.98 Å². The third kappa shape index (κ3) is 3.26. The van der Waals surface area contributed by atoms with Crippen LogP contribution in [-0.4, -0.2) is 30.3 Å². The van der Waals surface area contributed by atoms with Crippen molar-refractivity contribution in [2.45, 2.75) is 56.0 Å². The molecule has 6 heteroatoms. The molecule has 1 aromatic rings. The second-order valence-electron chi connectivity index (χ2n) is 6.10. The second kappa shape index (κ2) is 6.01. The molecular formula is C15H21FN2O2S. The minimum Gasteiger partial charge on any atom is -0.241 e. The summed E-state index contributed by atoms with van der Waals surface area (Å²) in [6.45, 7) is 0.517. The molecule has 0 bridgehead atoms. The first-order valence-corrected chi connectivity index (χ1v) is 9.15. The zero-order valence-electron chi connectivity index (χ0n) is 12.0. The van der Waals surface area contributed by atoms with Crippen LogP contribution in [0.3, 0.4) is 0 Å². The predicted octanol–water partition coefficient (Wildman–Crippen LogP) is 2.95. The maximum absolute atomic E-state index is 13.8. The maximum Gasteiger partial charge on any atom is 0.263 e. The van der Waals surface area contributed by atoms with Crippen LogP contribution in [0.2, 0.25) is 0 Å². The van der Waals surface area contributed by atoms with E-state index in [9.17, 15) is 12.8 Å². The van der Waals surface area contributed by atoms with Gasteiger partial charge in [-0.1, -0.05) is 19.3 Å².